The Morgan fingerprint density at radius 2 is 2.05 bits per heavy atom. The van der Waals surface area contributed by atoms with Crippen LogP contribution in [0.15, 0.2) is 53.2 Å². The van der Waals surface area contributed by atoms with Gasteiger partial charge in [0.2, 0.25) is 5.91 Å². The number of aromatic hydroxyl groups is 1. The van der Waals surface area contributed by atoms with E-state index in [1.807, 2.05) is 0 Å². The maximum absolute atomic E-state index is 11.6. The summed E-state index contributed by atoms with van der Waals surface area (Å²) in [5.74, 6) is 0.226. The third-order valence-corrected chi connectivity index (χ3v) is 2.54. The molecule has 1 aromatic heterocycles. The lowest BCUT2D eigenvalue weighted by Crippen LogP contribution is -2.32. The third kappa shape index (κ3) is 3.96. The Morgan fingerprint density at radius 1 is 1.25 bits per heavy atom. The van der Waals surface area contributed by atoms with Crippen molar-refractivity contribution >= 4 is 35.0 Å². The van der Waals surface area contributed by atoms with Crippen LogP contribution in [0.1, 0.15) is 5.76 Å². The number of anilines is 1. The van der Waals surface area contributed by atoms with Crippen molar-refractivity contribution in [2.45, 2.75) is 0 Å². The number of thiocarbonyl (C=S) groups is 1. The second-order valence-electron chi connectivity index (χ2n) is 3.81. The lowest BCUT2D eigenvalue weighted by Gasteiger charge is -2.09. The summed E-state index contributed by atoms with van der Waals surface area (Å²) in [6.45, 7) is 0. The van der Waals surface area contributed by atoms with Crippen molar-refractivity contribution in [3.63, 3.8) is 0 Å². The van der Waals surface area contributed by atoms with E-state index >= 15 is 0 Å². The number of phenols is 1. The van der Waals surface area contributed by atoms with E-state index in [0.717, 1.165) is 0 Å². The van der Waals surface area contributed by atoms with Gasteiger partial charge in [0.1, 0.15) is 11.5 Å². The van der Waals surface area contributed by atoms with Gasteiger partial charge in [0, 0.05) is 6.08 Å². The average Bonchev–Trinajstić information content (AvgIpc) is 2.92. The van der Waals surface area contributed by atoms with Gasteiger partial charge in [-0.3, -0.25) is 10.1 Å². The summed E-state index contributed by atoms with van der Waals surface area (Å²) >= 11 is 4.97. The van der Waals surface area contributed by atoms with Crippen molar-refractivity contribution in [2.75, 3.05) is 5.32 Å². The molecule has 0 spiro atoms. The van der Waals surface area contributed by atoms with Crippen LogP contribution in [0.5, 0.6) is 5.75 Å². The number of nitrogens with one attached hydrogen (secondary N) is 2. The van der Waals surface area contributed by atoms with E-state index in [0.29, 0.717) is 11.4 Å². The molecule has 0 saturated carbocycles. The van der Waals surface area contributed by atoms with Crippen molar-refractivity contribution in [2.24, 2.45) is 0 Å². The summed E-state index contributed by atoms with van der Waals surface area (Å²) in [6.07, 6.45) is 4.34. The number of rotatable bonds is 3. The van der Waals surface area contributed by atoms with E-state index in [1.165, 1.54) is 24.5 Å². The van der Waals surface area contributed by atoms with Crippen molar-refractivity contribution in [1.29, 1.82) is 0 Å². The van der Waals surface area contributed by atoms with Gasteiger partial charge in [-0.05, 0) is 42.6 Å². The maximum Gasteiger partial charge on any atom is 0.250 e. The minimum Gasteiger partial charge on any atom is -0.506 e. The highest BCUT2D eigenvalue weighted by Crippen LogP contribution is 2.21. The number of amides is 1. The number of furan rings is 1. The van der Waals surface area contributed by atoms with Gasteiger partial charge in [0.05, 0.1) is 12.0 Å². The number of para-hydroxylation sites is 2. The summed E-state index contributed by atoms with van der Waals surface area (Å²) in [6, 6.07) is 10.0. The van der Waals surface area contributed by atoms with Crippen molar-refractivity contribution < 1.29 is 14.3 Å². The summed E-state index contributed by atoms with van der Waals surface area (Å²) in [4.78, 5) is 11.6. The Balaban J connectivity index is 1.88. The molecule has 0 radical (unpaired) electrons. The highest BCUT2D eigenvalue weighted by molar-refractivity contribution is 7.80. The summed E-state index contributed by atoms with van der Waals surface area (Å²) in [5.41, 5.74) is 0.424. The topological polar surface area (TPSA) is 74.5 Å². The van der Waals surface area contributed by atoms with Crippen LogP contribution >= 0.6 is 12.2 Å². The Kier molecular flexibility index (Phi) is 4.52. The van der Waals surface area contributed by atoms with Gasteiger partial charge >= 0.3 is 0 Å². The molecule has 2 rings (SSSR count). The molecule has 0 atom stereocenters. The number of carbonyl (C=O) groups excluding carboxylic acids is 1. The van der Waals surface area contributed by atoms with Crippen molar-refractivity contribution in [3.8, 4) is 5.75 Å². The fourth-order valence-corrected chi connectivity index (χ4v) is 1.64. The molecule has 0 bridgehead atoms. The first-order chi connectivity index (χ1) is 9.65. The molecule has 2 aromatic rings. The SMILES string of the molecule is O=C(/C=C/c1ccco1)NC(=S)Nc1ccccc1O. The van der Waals surface area contributed by atoms with Crippen LogP contribution in [0.25, 0.3) is 6.08 Å². The van der Waals surface area contributed by atoms with Gasteiger partial charge in [-0.15, -0.1) is 0 Å². The molecule has 6 heteroatoms. The van der Waals surface area contributed by atoms with E-state index in [2.05, 4.69) is 10.6 Å². The fraction of sp³-hybridized carbons (Fsp3) is 0. The van der Waals surface area contributed by atoms with Crippen LogP contribution in [-0.2, 0) is 4.79 Å². The number of benzene rings is 1. The van der Waals surface area contributed by atoms with E-state index < -0.39 is 5.91 Å². The minimum atomic E-state index is -0.394. The van der Waals surface area contributed by atoms with Crippen LogP contribution in [0.2, 0.25) is 0 Å². The predicted molar refractivity (Wildman–Crippen MR) is 80.2 cm³/mol. The molecule has 0 aliphatic rings. The fourth-order valence-electron chi connectivity index (χ4n) is 1.43. The average molecular weight is 288 g/mol. The second-order valence-corrected chi connectivity index (χ2v) is 4.22. The molecule has 0 saturated heterocycles. The van der Waals surface area contributed by atoms with Crippen LogP contribution < -0.4 is 10.6 Å². The number of phenolic OH excluding ortho intramolecular Hbond substituents is 1. The molecule has 1 amide bonds. The maximum atomic E-state index is 11.6. The summed E-state index contributed by atoms with van der Waals surface area (Å²) < 4.78 is 5.05. The van der Waals surface area contributed by atoms with Gasteiger partial charge in [0.25, 0.3) is 0 Å². The number of carbonyl (C=O) groups is 1. The van der Waals surface area contributed by atoms with Crippen LogP contribution in [0.3, 0.4) is 0 Å². The van der Waals surface area contributed by atoms with Crippen LogP contribution in [0, 0.1) is 0 Å². The highest BCUT2D eigenvalue weighted by Gasteiger charge is 2.04. The number of hydrogen-bond acceptors (Lipinski definition) is 4. The summed E-state index contributed by atoms with van der Waals surface area (Å²) in [7, 11) is 0. The lowest BCUT2D eigenvalue weighted by atomic mass is 10.3. The Hall–Kier alpha value is -2.60. The molecule has 0 unspecified atom stereocenters. The zero-order valence-electron chi connectivity index (χ0n) is 10.4. The van der Waals surface area contributed by atoms with Gasteiger partial charge in [-0.1, -0.05) is 12.1 Å². The largest absolute Gasteiger partial charge is 0.506 e. The van der Waals surface area contributed by atoms with E-state index in [1.54, 1.807) is 30.3 Å². The Bertz CT molecular complexity index is 636. The van der Waals surface area contributed by atoms with Crippen molar-refractivity contribution in [3.05, 3.63) is 54.5 Å². The molecular formula is C14H12N2O3S. The molecule has 1 aromatic carbocycles. The molecule has 0 fully saturated rings. The molecule has 102 valence electrons. The molecule has 20 heavy (non-hydrogen) atoms. The molecule has 1 heterocycles. The third-order valence-electron chi connectivity index (χ3n) is 2.33. The summed E-state index contributed by atoms with van der Waals surface area (Å²) in [5, 5.41) is 14.8. The molecule has 0 aliphatic carbocycles. The molecule has 3 N–H and O–H groups in total. The first-order valence-electron chi connectivity index (χ1n) is 5.77. The van der Waals surface area contributed by atoms with E-state index in [-0.39, 0.29) is 10.9 Å². The number of hydrogen-bond donors (Lipinski definition) is 3. The smallest absolute Gasteiger partial charge is 0.250 e. The van der Waals surface area contributed by atoms with Crippen LogP contribution in [-0.4, -0.2) is 16.1 Å². The minimum absolute atomic E-state index is 0.0511. The normalized spacial score (nSPS) is 10.4. The highest BCUT2D eigenvalue weighted by atomic mass is 32.1. The molecular weight excluding hydrogens is 276 g/mol. The second kappa shape index (κ2) is 6.53. The Morgan fingerprint density at radius 3 is 2.75 bits per heavy atom. The van der Waals surface area contributed by atoms with Crippen LogP contribution in [0.4, 0.5) is 5.69 Å². The monoisotopic (exact) mass is 288 g/mol. The zero-order valence-corrected chi connectivity index (χ0v) is 11.2. The van der Waals surface area contributed by atoms with Gasteiger partial charge in [-0.25, -0.2) is 0 Å². The zero-order chi connectivity index (χ0) is 14.4. The van der Waals surface area contributed by atoms with E-state index in [9.17, 15) is 9.90 Å². The van der Waals surface area contributed by atoms with Gasteiger partial charge in [0.15, 0.2) is 5.11 Å². The molecule has 5 nitrogen and oxygen atoms in total. The van der Waals surface area contributed by atoms with Crippen molar-refractivity contribution in [1.82, 2.24) is 5.32 Å². The predicted octanol–water partition coefficient (Wildman–Crippen LogP) is 2.51. The molecule has 0 aliphatic heterocycles. The van der Waals surface area contributed by atoms with E-state index in [4.69, 9.17) is 16.6 Å². The standard InChI is InChI=1S/C14H12N2O3S/c17-12-6-2-1-5-11(12)15-14(20)16-13(18)8-7-10-4-3-9-19-10/h1-9,17H,(H2,15,16,18,20)/b8-7+. The van der Waals surface area contributed by atoms with Gasteiger partial charge in [-0.2, -0.15) is 0 Å². The quantitative estimate of drug-likeness (QED) is 0.460. The lowest BCUT2D eigenvalue weighted by molar-refractivity contribution is -0.115. The Labute approximate surface area is 120 Å². The first-order valence-corrected chi connectivity index (χ1v) is 6.17. The first kappa shape index (κ1) is 13.8. The van der Waals surface area contributed by atoms with Gasteiger partial charge < -0.3 is 14.8 Å².